The van der Waals surface area contributed by atoms with Crippen molar-refractivity contribution in [3.8, 4) is 0 Å². The Labute approximate surface area is 315 Å². The SMILES string of the molecule is CCC(C)[C@H](CC(=O)[C@@]1(NC(=O)[C@@H](CC(=O)Cc2ccccc2F)C(C)CC)CCc2[nH]c3c(C(F)(F)F)cccc3c2C1)C(=O)NCC1CCNCC1. The number of amides is 2. The van der Waals surface area contributed by atoms with Gasteiger partial charge in [0.25, 0.3) is 0 Å². The van der Waals surface area contributed by atoms with Crippen LogP contribution in [0.4, 0.5) is 17.6 Å². The summed E-state index contributed by atoms with van der Waals surface area (Å²) in [4.78, 5) is 59.4. The molecule has 4 N–H and O–H groups in total. The lowest BCUT2D eigenvalue weighted by atomic mass is 9.72. The number of aromatic amines is 1. The molecule has 5 rings (SSSR count). The Morgan fingerprint density at radius 2 is 1.57 bits per heavy atom. The number of aromatic nitrogens is 1. The first-order valence-corrected chi connectivity index (χ1v) is 19.5. The fourth-order valence-corrected chi connectivity index (χ4v) is 8.15. The Morgan fingerprint density at radius 1 is 0.907 bits per heavy atom. The van der Waals surface area contributed by atoms with Crippen LogP contribution >= 0.6 is 0 Å². The van der Waals surface area contributed by atoms with Gasteiger partial charge in [-0.1, -0.05) is 70.9 Å². The van der Waals surface area contributed by atoms with Crippen LogP contribution in [-0.2, 0) is 44.6 Å². The number of Topliss-reactive ketones (excluding diaryl/α,β-unsaturated/α-hetero) is 2. The Morgan fingerprint density at radius 3 is 2.22 bits per heavy atom. The molecule has 2 unspecified atom stereocenters. The summed E-state index contributed by atoms with van der Waals surface area (Å²) in [6.45, 7) is 9.87. The van der Waals surface area contributed by atoms with Crippen LogP contribution in [0, 0.1) is 35.4 Å². The molecular weight excluding hydrogens is 700 g/mol. The lowest BCUT2D eigenvalue weighted by molar-refractivity contribution is -0.139. The molecule has 0 saturated carbocycles. The van der Waals surface area contributed by atoms with Gasteiger partial charge in [-0.3, -0.25) is 19.2 Å². The van der Waals surface area contributed by atoms with Crippen LogP contribution in [0.2, 0.25) is 0 Å². The molecule has 294 valence electrons. The number of piperidine rings is 1. The molecule has 1 fully saturated rings. The van der Waals surface area contributed by atoms with Crippen molar-refractivity contribution in [3.63, 3.8) is 0 Å². The van der Waals surface area contributed by atoms with Gasteiger partial charge in [0.15, 0.2) is 5.78 Å². The molecule has 2 aromatic carbocycles. The molecule has 3 aromatic rings. The van der Waals surface area contributed by atoms with E-state index < -0.39 is 40.8 Å². The third-order valence-corrected chi connectivity index (χ3v) is 12.1. The van der Waals surface area contributed by atoms with Gasteiger partial charge in [-0.05, 0) is 79.8 Å². The summed E-state index contributed by atoms with van der Waals surface area (Å²) in [6.07, 6.45) is -1.90. The molecule has 1 aliphatic heterocycles. The summed E-state index contributed by atoms with van der Waals surface area (Å²) < 4.78 is 56.7. The predicted molar refractivity (Wildman–Crippen MR) is 200 cm³/mol. The van der Waals surface area contributed by atoms with Crippen molar-refractivity contribution >= 4 is 34.3 Å². The molecule has 54 heavy (non-hydrogen) atoms. The second-order valence-corrected chi connectivity index (χ2v) is 15.6. The number of rotatable bonds is 16. The third kappa shape index (κ3) is 9.41. The topological polar surface area (TPSA) is 120 Å². The van der Waals surface area contributed by atoms with Crippen LogP contribution < -0.4 is 16.0 Å². The van der Waals surface area contributed by atoms with E-state index in [1.165, 1.54) is 24.3 Å². The van der Waals surface area contributed by atoms with Gasteiger partial charge >= 0.3 is 6.18 Å². The summed E-state index contributed by atoms with van der Waals surface area (Å²) in [5.41, 5.74) is -1.13. The van der Waals surface area contributed by atoms with Crippen LogP contribution in [0.1, 0.15) is 95.0 Å². The maximum atomic E-state index is 14.9. The summed E-state index contributed by atoms with van der Waals surface area (Å²) in [6, 6.07) is 9.91. The molecule has 0 radical (unpaired) electrons. The number of halogens is 4. The van der Waals surface area contributed by atoms with E-state index in [-0.39, 0.29) is 78.9 Å². The first-order valence-electron chi connectivity index (χ1n) is 19.5. The summed E-state index contributed by atoms with van der Waals surface area (Å²) >= 11 is 0. The predicted octanol–water partition coefficient (Wildman–Crippen LogP) is 7.27. The van der Waals surface area contributed by atoms with Crippen LogP contribution in [0.3, 0.4) is 0 Å². The minimum absolute atomic E-state index is 0.0735. The van der Waals surface area contributed by atoms with Crippen molar-refractivity contribution in [2.24, 2.45) is 29.6 Å². The number of carbonyl (C=O) groups excluding carboxylic acids is 4. The number of H-pyrrole nitrogens is 1. The highest BCUT2D eigenvalue weighted by Crippen LogP contribution is 2.41. The maximum Gasteiger partial charge on any atom is 0.418 e. The number of benzene rings is 2. The number of nitrogens with one attached hydrogen (secondary N) is 4. The molecule has 2 heterocycles. The average molecular weight is 755 g/mol. The number of carbonyl (C=O) groups is 4. The Bertz CT molecular complexity index is 1820. The molecule has 1 aliphatic carbocycles. The zero-order chi connectivity index (χ0) is 39.2. The molecule has 2 aliphatic rings. The maximum absolute atomic E-state index is 14.9. The number of ketones is 2. The first-order chi connectivity index (χ1) is 25.7. The van der Waals surface area contributed by atoms with Crippen molar-refractivity contribution in [1.82, 2.24) is 20.9 Å². The average Bonchev–Trinajstić information content (AvgIpc) is 3.52. The van der Waals surface area contributed by atoms with E-state index in [0.29, 0.717) is 41.9 Å². The molecule has 5 atom stereocenters. The van der Waals surface area contributed by atoms with Gasteiger partial charge in [0, 0.05) is 55.1 Å². The second kappa shape index (κ2) is 17.6. The highest BCUT2D eigenvalue weighted by atomic mass is 19.4. The van der Waals surface area contributed by atoms with E-state index in [9.17, 15) is 36.7 Å². The summed E-state index contributed by atoms with van der Waals surface area (Å²) in [5, 5.41) is 9.79. The van der Waals surface area contributed by atoms with Crippen molar-refractivity contribution in [2.45, 2.75) is 104 Å². The van der Waals surface area contributed by atoms with Crippen molar-refractivity contribution in [3.05, 3.63) is 70.7 Å². The van der Waals surface area contributed by atoms with Gasteiger partial charge in [-0.15, -0.1) is 0 Å². The van der Waals surface area contributed by atoms with E-state index in [0.717, 1.165) is 32.0 Å². The molecule has 1 aromatic heterocycles. The number of fused-ring (bicyclic) bond motifs is 3. The van der Waals surface area contributed by atoms with Gasteiger partial charge in [0.2, 0.25) is 11.8 Å². The first kappa shape index (κ1) is 41.1. The number of alkyl halides is 3. The van der Waals surface area contributed by atoms with Crippen molar-refractivity contribution in [1.29, 1.82) is 0 Å². The largest absolute Gasteiger partial charge is 0.418 e. The Balaban J connectivity index is 1.47. The molecule has 0 bridgehead atoms. The van der Waals surface area contributed by atoms with Crippen LogP contribution in [-0.4, -0.2) is 53.5 Å². The number of hydrogen-bond acceptors (Lipinski definition) is 5. The minimum Gasteiger partial charge on any atom is -0.358 e. The van der Waals surface area contributed by atoms with Gasteiger partial charge in [0.05, 0.1) is 11.1 Å². The Hall–Kier alpha value is -4.06. The smallest absolute Gasteiger partial charge is 0.358 e. The third-order valence-electron chi connectivity index (χ3n) is 12.1. The molecule has 1 saturated heterocycles. The molecule has 0 spiro atoms. The lowest BCUT2D eigenvalue weighted by Crippen LogP contribution is -2.60. The van der Waals surface area contributed by atoms with Crippen LogP contribution in [0.5, 0.6) is 0 Å². The summed E-state index contributed by atoms with van der Waals surface area (Å²) in [5.74, 6) is -3.62. The molecule has 12 heteroatoms. The quantitative estimate of drug-likeness (QED) is 0.115. The van der Waals surface area contributed by atoms with E-state index in [1.54, 1.807) is 12.1 Å². The second-order valence-electron chi connectivity index (χ2n) is 15.6. The fourth-order valence-electron chi connectivity index (χ4n) is 8.15. The van der Waals surface area contributed by atoms with Gasteiger partial charge in [0.1, 0.15) is 17.1 Å². The van der Waals surface area contributed by atoms with Crippen molar-refractivity contribution < 1.29 is 36.7 Å². The summed E-state index contributed by atoms with van der Waals surface area (Å²) in [7, 11) is 0. The minimum atomic E-state index is -4.61. The van der Waals surface area contributed by atoms with E-state index in [2.05, 4.69) is 20.9 Å². The van der Waals surface area contributed by atoms with Gasteiger partial charge in [-0.25, -0.2) is 4.39 Å². The number of hydrogen-bond donors (Lipinski definition) is 4. The molecular formula is C42H54F4N4O4. The van der Waals surface area contributed by atoms with Gasteiger partial charge in [-0.2, -0.15) is 13.2 Å². The van der Waals surface area contributed by atoms with Crippen LogP contribution in [0.25, 0.3) is 10.9 Å². The lowest BCUT2D eigenvalue weighted by Gasteiger charge is -2.39. The highest BCUT2D eigenvalue weighted by molar-refractivity contribution is 5.99. The normalized spacial score (nSPS) is 20.1. The molecule has 8 nitrogen and oxygen atoms in total. The molecule has 2 amide bonds. The van der Waals surface area contributed by atoms with E-state index >= 15 is 0 Å². The van der Waals surface area contributed by atoms with Crippen molar-refractivity contribution in [2.75, 3.05) is 19.6 Å². The van der Waals surface area contributed by atoms with E-state index in [4.69, 9.17) is 0 Å². The Kier molecular flexibility index (Phi) is 13.4. The zero-order valence-corrected chi connectivity index (χ0v) is 31.8. The highest BCUT2D eigenvalue weighted by Gasteiger charge is 2.47. The fraction of sp³-hybridized carbons (Fsp3) is 0.571. The van der Waals surface area contributed by atoms with Gasteiger partial charge < -0.3 is 20.9 Å². The number of aryl methyl sites for hydroxylation is 1. The monoisotopic (exact) mass is 754 g/mol. The van der Waals surface area contributed by atoms with E-state index in [1.807, 2.05) is 27.7 Å². The zero-order valence-electron chi connectivity index (χ0n) is 31.8. The standard InChI is InChI=1S/C42H54F4N4O4/c1-5-25(3)31(21-29(51)20-28-10-7-8-13-35(28)43)40(54)50-41(17-14-36-33(23-41)30-11-9-12-34(38(30)49-36)42(44,45)46)37(52)22-32(26(4)6-2)39(53)48-24-27-15-18-47-19-16-27/h7-13,25-27,31-32,47,49H,5-6,14-24H2,1-4H3,(H,48,53)(H,50,54)/t25?,26?,31-,32-,41+/m0/s1. The number of para-hydroxylation sites is 1. The van der Waals surface area contributed by atoms with Crippen LogP contribution in [0.15, 0.2) is 42.5 Å².